The molecule has 2 aromatic rings. The van der Waals surface area contributed by atoms with Gasteiger partial charge in [-0.2, -0.15) is 0 Å². The van der Waals surface area contributed by atoms with Crippen molar-refractivity contribution in [3.8, 4) is 11.5 Å². The number of fused-ring (bicyclic) bond motifs is 2. The number of para-hydroxylation sites is 2. The molecule has 0 aliphatic carbocycles. The van der Waals surface area contributed by atoms with Gasteiger partial charge in [0.1, 0.15) is 17.6 Å². The molecule has 0 fully saturated rings. The molecule has 4 rings (SSSR count). The SMILES string of the molecule is O[C@H](OC[C@@H]1Cc2ccccc2O1)[C@H]1Cc2ccccc2O1. The van der Waals surface area contributed by atoms with Gasteiger partial charge in [0.05, 0.1) is 6.61 Å². The van der Waals surface area contributed by atoms with Crippen LogP contribution in [-0.2, 0) is 17.6 Å². The van der Waals surface area contributed by atoms with E-state index in [2.05, 4.69) is 6.07 Å². The normalized spacial score (nSPS) is 23.3. The van der Waals surface area contributed by atoms with Crippen molar-refractivity contribution in [3.05, 3.63) is 59.7 Å². The molecule has 22 heavy (non-hydrogen) atoms. The van der Waals surface area contributed by atoms with Gasteiger partial charge in [-0.3, -0.25) is 0 Å². The van der Waals surface area contributed by atoms with E-state index in [1.54, 1.807) is 0 Å². The molecular formula is C18H18O4. The fourth-order valence-corrected chi connectivity index (χ4v) is 3.03. The highest BCUT2D eigenvalue weighted by Gasteiger charge is 2.31. The Balaban J connectivity index is 1.31. The lowest BCUT2D eigenvalue weighted by molar-refractivity contribution is -0.159. The van der Waals surface area contributed by atoms with Crippen LogP contribution in [0.15, 0.2) is 48.5 Å². The second-order valence-corrected chi connectivity index (χ2v) is 5.74. The Hall–Kier alpha value is -2.04. The van der Waals surface area contributed by atoms with Crippen molar-refractivity contribution in [1.29, 1.82) is 0 Å². The number of hydrogen-bond acceptors (Lipinski definition) is 4. The minimum atomic E-state index is -0.945. The van der Waals surface area contributed by atoms with E-state index in [4.69, 9.17) is 14.2 Å². The van der Waals surface area contributed by atoms with Crippen LogP contribution in [-0.4, -0.2) is 30.2 Å². The average Bonchev–Trinajstić information content (AvgIpc) is 3.15. The molecule has 0 radical (unpaired) electrons. The molecule has 0 saturated heterocycles. The Morgan fingerprint density at radius 3 is 2.27 bits per heavy atom. The van der Waals surface area contributed by atoms with Crippen molar-refractivity contribution in [3.63, 3.8) is 0 Å². The minimum Gasteiger partial charge on any atom is -0.487 e. The molecule has 3 atom stereocenters. The van der Waals surface area contributed by atoms with E-state index in [1.165, 1.54) is 5.56 Å². The number of rotatable bonds is 4. The van der Waals surface area contributed by atoms with Crippen LogP contribution >= 0.6 is 0 Å². The Morgan fingerprint density at radius 2 is 1.59 bits per heavy atom. The fourth-order valence-electron chi connectivity index (χ4n) is 3.03. The van der Waals surface area contributed by atoms with Crippen molar-refractivity contribution in [1.82, 2.24) is 0 Å². The number of ether oxygens (including phenoxy) is 3. The summed E-state index contributed by atoms with van der Waals surface area (Å²) in [5, 5.41) is 10.2. The summed E-state index contributed by atoms with van der Waals surface area (Å²) in [6, 6.07) is 15.8. The molecule has 0 unspecified atom stereocenters. The smallest absolute Gasteiger partial charge is 0.192 e. The monoisotopic (exact) mass is 298 g/mol. The predicted octanol–water partition coefficient (Wildman–Crippen LogP) is 2.33. The lowest BCUT2D eigenvalue weighted by atomic mass is 10.1. The molecule has 4 nitrogen and oxygen atoms in total. The fraction of sp³-hybridized carbons (Fsp3) is 0.333. The van der Waals surface area contributed by atoms with Gasteiger partial charge in [-0.05, 0) is 23.3 Å². The maximum Gasteiger partial charge on any atom is 0.192 e. The summed E-state index contributed by atoms with van der Waals surface area (Å²) in [4.78, 5) is 0. The molecule has 0 aromatic heterocycles. The molecule has 2 heterocycles. The molecule has 2 aliphatic rings. The summed E-state index contributed by atoms with van der Waals surface area (Å²) in [5.41, 5.74) is 2.30. The second-order valence-electron chi connectivity index (χ2n) is 5.74. The third kappa shape index (κ3) is 2.56. The lowest BCUT2D eigenvalue weighted by Gasteiger charge is -2.20. The molecular weight excluding hydrogens is 280 g/mol. The van der Waals surface area contributed by atoms with Gasteiger partial charge in [0.25, 0.3) is 0 Å². The first-order chi connectivity index (χ1) is 10.8. The van der Waals surface area contributed by atoms with E-state index in [0.29, 0.717) is 13.0 Å². The molecule has 2 aromatic carbocycles. The molecule has 0 spiro atoms. The summed E-state index contributed by atoms with van der Waals surface area (Å²) in [5.74, 6) is 1.75. The van der Waals surface area contributed by atoms with E-state index in [9.17, 15) is 5.11 Å². The average molecular weight is 298 g/mol. The van der Waals surface area contributed by atoms with Crippen molar-refractivity contribution in [2.24, 2.45) is 0 Å². The van der Waals surface area contributed by atoms with Crippen molar-refractivity contribution < 1.29 is 19.3 Å². The Kier molecular flexibility index (Phi) is 3.48. The van der Waals surface area contributed by atoms with Gasteiger partial charge < -0.3 is 19.3 Å². The predicted molar refractivity (Wildman–Crippen MR) is 81.1 cm³/mol. The van der Waals surface area contributed by atoms with Gasteiger partial charge in [0.2, 0.25) is 0 Å². The second kappa shape index (κ2) is 5.63. The standard InChI is InChI=1S/C18H18O4/c19-18(17-10-13-6-2-4-8-16(13)22-17)20-11-14-9-12-5-1-3-7-15(12)21-14/h1-8,14,17-19H,9-11H2/t14-,17+,18+/m0/s1. The molecule has 2 aliphatic heterocycles. The van der Waals surface area contributed by atoms with Gasteiger partial charge in [0.15, 0.2) is 12.4 Å². The lowest BCUT2D eigenvalue weighted by Crippen LogP contribution is -2.35. The van der Waals surface area contributed by atoms with Crippen LogP contribution in [0.3, 0.4) is 0 Å². The zero-order valence-corrected chi connectivity index (χ0v) is 12.1. The van der Waals surface area contributed by atoms with E-state index in [-0.39, 0.29) is 12.2 Å². The molecule has 0 bridgehead atoms. The van der Waals surface area contributed by atoms with E-state index >= 15 is 0 Å². The molecule has 114 valence electrons. The van der Waals surface area contributed by atoms with Gasteiger partial charge in [-0.1, -0.05) is 36.4 Å². The molecule has 4 heteroatoms. The maximum absolute atomic E-state index is 10.2. The van der Waals surface area contributed by atoms with Gasteiger partial charge >= 0.3 is 0 Å². The summed E-state index contributed by atoms with van der Waals surface area (Å²) in [6.07, 6.45) is 0.147. The number of benzene rings is 2. The van der Waals surface area contributed by atoms with E-state index < -0.39 is 6.29 Å². The summed E-state index contributed by atoms with van der Waals surface area (Å²) >= 11 is 0. The van der Waals surface area contributed by atoms with Gasteiger partial charge in [0, 0.05) is 12.8 Å². The first-order valence-corrected chi connectivity index (χ1v) is 7.58. The Labute approximate surface area is 129 Å². The Morgan fingerprint density at radius 1 is 0.955 bits per heavy atom. The van der Waals surface area contributed by atoms with E-state index in [1.807, 2.05) is 42.5 Å². The zero-order valence-electron chi connectivity index (χ0n) is 12.1. The first-order valence-electron chi connectivity index (χ1n) is 7.58. The van der Waals surface area contributed by atoms with Crippen LogP contribution in [0.5, 0.6) is 11.5 Å². The van der Waals surface area contributed by atoms with Crippen molar-refractivity contribution in [2.75, 3.05) is 6.61 Å². The van der Waals surface area contributed by atoms with Crippen LogP contribution in [0.25, 0.3) is 0 Å². The minimum absolute atomic E-state index is 0.0455. The van der Waals surface area contributed by atoms with Crippen LogP contribution in [0, 0.1) is 0 Å². The van der Waals surface area contributed by atoms with Gasteiger partial charge in [-0.15, -0.1) is 0 Å². The Bertz CT molecular complexity index is 620. The summed E-state index contributed by atoms with van der Waals surface area (Å²) in [7, 11) is 0. The van der Waals surface area contributed by atoms with E-state index in [0.717, 1.165) is 23.5 Å². The first kappa shape index (κ1) is 13.6. The number of hydrogen-bond donors (Lipinski definition) is 1. The molecule has 0 amide bonds. The molecule has 1 N–H and O–H groups in total. The largest absolute Gasteiger partial charge is 0.487 e. The van der Waals surface area contributed by atoms with Crippen LogP contribution in [0.1, 0.15) is 11.1 Å². The quantitative estimate of drug-likeness (QED) is 0.880. The third-order valence-corrected chi connectivity index (χ3v) is 4.16. The van der Waals surface area contributed by atoms with Crippen molar-refractivity contribution in [2.45, 2.75) is 31.3 Å². The number of aliphatic hydroxyl groups is 1. The zero-order chi connectivity index (χ0) is 14.9. The highest BCUT2D eigenvalue weighted by Crippen LogP contribution is 2.31. The van der Waals surface area contributed by atoms with Crippen molar-refractivity contribution >= 4 is 0 Å². The summed E-state index contributed by atoms with van der Waals surface area (Å²) < 4.78 is 17.1. The summed E-state index contributed by atoms with van der Waals surface area (Å²) in [6.45, 7) is 0.353. The van der Waals surface area contributed by atoms with Crippen LogP contribution < -0.4 is 9.47 Å². The van der Waals surface area contributed by atoms with Crippen LogP contribution in [0.2, 0.25) is 0 Å². The van der Waals surface area contributed by atoms with Gasteiger partial charge in [-0.25, -0.2) is 0 Å². The highest BCUT2D eigenvalue weighted by molar-refractivity contribution is 5.38. The molecule has 0 saturated carbocycles. The number of aliphatic hydroxyl groups excluding tert-OH is 1. The van der Waals surface area contributed by atoms with Crippen LogP contribution in [0.4, 0.5) is 0 Å². The topological polar surface area (TPSA) is 47.9 Å². The maximum atomic E-state index is 10.2. The third-order valence-electron chi connectivity index (χ3n) is 4.16. The highest BCUT2D eigenvalue weighted by atomic mass is 16.6.